The van der Waals surface area contributed by atoms with Gasteiger partial charge in [-0.3, -0.25) is 4.79 Å². The van der Waals surface area contributed by atoms with E-state index in [2.05, 4.69) is 5.32 Å². The average Bonchev–Trinajstić information content (AvgIpc) is 2.54. The van der Waals surface area contributed by atoms with Gasteiger partial charge in [0.2, 0.25) is 15.9 Å². The SMILES string of the molecule is CCCS(=O)(=O)N1CCCC(C(=O)NCCCOCCOC)C1. The maximum absolute atomic E-state index is 12.2. The Hall–Kier alpha value is -0.700. The molecule has 1 unspecified atom stereocenters. The first kappa shape index (κ1) is 20.3. The molecule has 0 aliphatic carbocycles. The average molecular weight is 350 g/mol. The number of carbonyl (C=O) groups excluding carboxylic acids is 1. The minimum Gasteiger partial charge on any atom is -0.382 e. The lowest BCUT2D eigenvalue weighted by Crippen LogP contribution is -2.46. The number of rotatable bonds is 11. The van der Waals surface area contributed by atoms with Gasteiger partial charge >= 0.3 is 0 Å². The molecule has 0 bridgehead atoms. The molecule has 1 aliphatic heterocycles. The third-order valence-corrected chi connectivity index (χ3v) is 5.85. The van der Waals surface area contributed by atoms with Gasteiger partial charge in [0.05, 0.1) is 24.9 Å². The Bertz CT molecular complexity index is 441. The second kappa shape index (κ2) is 11.0. The summed E-state index contributed by atoms with van der Waals surface area (Å²) in [6, 6.07) is 0. The molecule has 1 N–H and O–H groups in total. The highest BCUT2D eigenvalue weighted by molar-refractivity contribution is 7.89. The molecular formula is C15H30N2O5S. The molecule has 1 rings (SSSR count). The van der Waals surface area contributed by atoms with Crippen LogP contribution in [0, 0.1) is 5.92 Å². The molecule has 1 atom stereocenters. The van der Waals surface area contributed by atoms with E-state index in [0.29, 0.717) is 45.9 Å². The Kier molecular flexibility index (Phi) is 9.69. The Balaban J connectivity index is 2.28. The van der Waals surface area contributed by atoms with Crippen LogP contribution in [0.4, 0.5) is 0 Å². The van der Waals surface area contributed by atoms with Crippen molar-refractivity contribution in [2.24, 2.45) is 5.92 Å². The first-order chi connectivity index (χ1) is 11.0. The van der Waals surface area contributed by atoms with Gasteiger partial charge in [0.15, 0.2) is 0 Å². The molecule has 7 nitrogen and oxygen atoms in total. The zero-order chi connectivity index (χ0) is 17.1. The van der Waals surface area contributed by atoms with Crippen molar-refractivity contribution >= 4 is 15.9 Å². The first-order valence-corrected chi connectivity index (χ1v) is 9.94. The molecule has 0 spiro atoms. The summed E-state index contributed by atoms with van der Waals surface area (Å²) in [5.41, 5.74) is 0. The second-order valence-corrected chi connectivity index (χ2v) is 7.85. The van der Waals surface area contributed by atoms with Crippen LogP contribution < -0.4 is 5.32 Å². The van der Waals surface area contributed by atoms with Crippen LogP contribution in [-0.2, 0) is 24.3 Å². The summed E-state index contributed by atoms with van der Waals surface area (Å²) in [7, 11) is -1.59. The van der Waals surface area contributed by atoms with E-state index in [9.17, 15) is 13.2 Å². The van der Waals surface area contributed by atoms with Gasteiger partial charge in [-0.05, 0) is 25.7 Å². The molecule has 1 fully saturated rings. The van der Waals surface area contributed by atoms with E-state index in [1.54, 1.807) is 7.11 Å². The Morgan fingerprint density at radius 1 is 1.30 bits per heavy atom. The molecule has 0 aromatic rings. The van der Waals surface area contributed by atoms with Gasteiger partial charge < -0.3 is 14.8 Å². The normalized spacial score (nSPS) is 19.7. The fraction of sp³-hybridized carbons (Fsp3) is 0.933. The van der Waals surface area contributed by atoms with Crippen LogP contribution in [0.2, 0.25) is 0 Å². The molecule has 23 heavy (non-hydrogen) atoms. The quantitative estimate of drug-likeness (QED) is 0.552. The van der Waals surface area contributed by atoms with Crippen molar-refractivity contribution in [3.05, 3.63) is 0 Å². The van der Waals surface area contributed by atoms with Gasteiger partial charge in [0, 0.05) is 33.4 Å². The molecule has 0 aromatic heterocycles. The fourth-order valence-corrected chi connectivity index (χ4v) is 4.16. The van der Waals surface area contributed by atoms with E-state index in [-0.39, 0.29) is 17.6 Å². The standard InChI is InChI=1S/C15H30N2O5S/c1-3-12-23(19,20)17-8-4-6-14(13-17)15(18)16-7-5-9-22-11-10-21-2/h14H,3-13H2,1-2H3,(H,16,18). The third-order valence-electron chi connectivity index (χ3n) is 3.81. The predicted octanol–water partition coefficient (Wildman–Crippen LogP) is 0.608. The number of amides is 1. The number of piperidine rings is 1. The number of ether oxygens (including phenoxy) is 2. The molecule has 1 heterocycles. The van der Waals surface area contributed by atoms with Gasteiger partial charge in [-0.2, -0.15) is 0 Å². The molecule has 136 valence electrons. The van der Waals surface area contributed by atoms with E-state index in [0.717, 1.165) is 19.3 Å². The van der Waals surface area contributed by atoms with Crippen molar-refractivity contribution in [2.45, 2.75) is 32.6 Å². The molecule has 0 radical (unpaired) electrons. The summed E-state index contributed by atoms with van der Waals surface area (Å²) >= 11 is 0. The van der Waals surface area contributed by atoms with Crippen molar-refractivity contribution in [3.63, 3.8) is 0 Å². The van der Waals surface area contributed by atoms with Gasteiger partial charge in [-0.1, -0.05) is 6.92 Å². The highest BCUT2D eigenvalue weighted by Crippen LogP contribution is 2.20. The topological polar surface area (TPSA) is 84.9 Å². The summed E-state index contributed by atoms with van der Waals surface area (Å²) in [4.78, 5) is 12.2. The smallest absolute Gasteiger partial charge is 0.224 e. The molecule has 0 aromatic carbocycles. The summed E-state index contributed by atoms with van der Waals surface area (Å²) in [6.45, 7) is 4.92. The second-order valence-electron chi connectivity index (χ2n) is 5.76. The lowest BCUT2D eigenvalue weighted by Gasteiger charge is -2.31. The Morgan fingerprint density at radius 2 is 2.09 bits per heavy atom. The minimum atomic E-state index is -3.22. The molecule has 1 aliphatic rings. The molecule has 8 heteroatoms. The number of nitrogens with one attached hydrogen (secondary N) is 1. The van der Waals surface area contributed by atoms with Crippen LogP contribution >= 0.6 is 0 Å². The maximum Gasteiger partial charge on any atom is 0.224 e. The van der Waals surface area contributed by atoms with Gasteiger partial charge in [-0.25, -0.2) is 12.7 Å². The van der Waals surface area contributed by atoms with Crippen LogP contribution in [0.15, 0.2) is 0 Å². The van der Waals surface area contributed by atoms with Gasteiger partial charge in [-0.15, -0.1) is 0 Å². The van der Waals surface area contributed by atoms with Gasteiger partial charge in [0.25, 0.3) is 0 Å². The van der Waals surface area contributed by atoms with Crippen molar-refractivity contribution in [2.75, 3.05) is 52.3 Å². The number of methoxy groups -OCH3 is 1. The van der Waals surface area contributed by atoms with Crippen molar-refractivity contribution < 1.29 is 22.7 Å². The van der Waals surface area contributed by atoms with Crippen LogP contribution in [0.5, 0.6) is 0 Å². The van der Waals surface area contributed by atoms with Crippen molar-refractivity contribution in [1.29, 1.82) is 0 Å². The van der Waals surface area contributed by atoms with Crippen LogP contribution in [-0.4, -0.2) is 70.9 Å². The summed E-state index contributed by atoms with van der Waals surface area (Å²) < 4.78 is 35.9. The highest BCUT2D eigenvalue weighted by atomic mass is 32.2. The predicted molar refractivity (Wildman–Crippen MR) is 88.7 cm³/mol. The number of hydrogen-bond donors (Lipinski definition) is 1. The minimum absolute atomic E-state index is 0.0571. The maximum atomic E-state index is 12.2. The van der Waals surface area contributed by atoms with E-state index >= 15 is 0 Å². The largest absolute Gasteiger partial charge is 0.382 e. The first-order valence-electron chi connectivity index (χ1n) is 8.33. The molecule has 1 saturated heterocycles. The van der Waals surface area contributed by atoms with E-state index in [1.807, 2.05) is 6.92 Å². The monoisotopic (exact) mass is 350 g/mol. The van der Waals surface area contributed by atoms with Crippen molar-refractivity contribution in [3.8, 4) is 0 Å². The van der Waals surface area contributed by atoms with E-state index in [1.165, 1.54) is 4.31 Å². The van der Waals surface area contributed by atoms with E-state index < -0.39 is 10.0 Å². The molecule has 0 saturated carbocycles. The highest BCUT2D eigenvalue weighted by Gasteiger charge is 2.31. The van der Waals surface area contributed by atoms with Crippen LogP contribution in [0.25, 0.3) is 0 Å². The van der Waals surface area contributed by atoms with Gasteiger partial charge in [0.1, 0.15) is 0 Å². The number of sulfonamides is 1. The lowest BCUT2D eigenvalue weighted by molar-refractivity contribution is -0.126. The molecular weight excluding hydrogens is 320 g/mol. The summed E-state index contributed by atoms with van der Waals surface area (Å²) in [6.07, 6.45) is 2.81. The lowest BCUT2D eigenvalue weighted by atomic mass is 9.99. The molecule has 1 amide bonds. The fourth-order valence-electron chi connectivity index (χ4n) is 2.57. The Labute approximate surface area is 139 Å². The van der Waals surface area contributed by atoms with E-state index in [4.69, 9.17) is 9.47 Å². The summed E-state index contributed by atoms with van der Waals surface area (Å²) in [5.74, 6) is -0.150. The number of nitrogens with zero attached hydrogens (tertiary/aromatic N) is 1. The summed E-state index contributed by atoms with van der Waals surface area (Å²) in [5, 5.41) is 2.88. The Morgan fingerprint density at radius 3 is 2.78 bits per heavy atom. The third kappa shape index (κ3) is 7.60. The zero-order valence-electron chi connectivity index (χ0n) is 14.3. The van der Waals surface area contributed by atoms with Crippen LogP contribution in [0.3, 0.4) is 0 Å². The zero-order valence-corrected chi connectivity index (χ0v) is 15.1. The number of hydrogen-bond acceptors (Lipinski definition) is 5. The van der Waals surface area contributed by atoms with Crippen molar-refractivity contribution in [1.82, 2.24) is 9.62 Å². The van der Waals surface area contributed by atoms with Crippen LogP contribution in [0.1, 0.15) is 32.6 Å². The number of carbonyl (C=O) groups is 1.